The Kier molecular flexibility index (Phi) is 14.0. The summed E-state index contributed by atoms with van der Waals surface area (Å²) in [5, 5.41) is 9.70. The standard InChI is InChI=1S/C29H45NO8/c1-8-10-18(5)28(34)37-22-13-12-21(15-23(22)38-29(35)19(6)11-9-2)25(26(30)27(32)33)20(7)16-36-24(31)14-17(3)4/h12-13,15,17-20,25-26H,8-11,14,16,30H2,1-7H3,(H,32,33)/t18?,19?,20?,25?,26-/m0/s1. The van der Waals surface area contributed by atoms with Crippen LogP contribution in [0.4, 0.5) is 0 Å². The number of ether oxygens (including phenoxy) is 3. The first-order valence-corrected chi connectivity index (χ1v) is 13.5. The van der Waals surface area contributed by atoms with Crippen molar-refractivity contribution in [2.45, 2.75) is 92.5 Å². The minimum Gasteiger partial charge on any atom is -0.480 e. The van der Waals surface area contributed by atoms with Crippen LogP contribution in [0.5, 0.6) is 11.5 Å². The van der Waals surface area contributed by atoms with E-state index < -0.39 is 35.8 Å². The quantitative estimate of drug-likeness (QED) is 0.218. The van der Waals surface area contributed by atoms with Gasteiger partial charge in [-0.2, -0.15) is 0 Å². The van der Waals surface area contributed by atoms with Gasteiger partial charge in [-0.25, -0.2) is 0 Å². The third-order valence-electron chi connectivity index (χ3n) is 6.39. The van der Waals surface area contributed by atoms with Crippen molar-refractivity contribution >= 4 is 23.9 Å². The van der Waals surface area contributed by atoms with Gasteiger partial charge in [0.2, 0.25) is 0 Å². The summed E-state index contributed by atoms with van der Waals surface area (Å²) in [6, 6.07) is 3.25. The molecule has 9 nitrogen and oxygen atoms in total. The van der Waals surface area contributed by atoms with Crippen LogP contribution in [0.25, 0.3) is 0 Å². The molecular formula is C29H45NO8. The molecule has 0 fully saturated rings. The molecule has 0 aliphatic rings. The molecule has 4 unspecified atom stereocenters. The van der Waals surface area contributed by atoms with E-state index in [1.54, 1.807) is 26.8 Å². The number of nitrogens with two attached hydrogens (primary N) is 1. The van der Waals surface area contributed by atoms with Crippen molar-refractivity contribution in [2.24, 2.45) is 29.4 Å². The molecule has 0 radical (unpaired) electrons. The lowest BCUT2D eigenvalue weighted by Gasteiger charge is -2.28. The van der Waals surface area contributed by atoms with E-state index in [9.17, 15) is 24.3 Å². The van der Waals surface area contributed by atoms with Gasteiger partial charge in [0, 0.05) is 12.3 Å². The van der Waals surface area contributed by atoms with E-state index in [0.29, 0.717) is 18.4 Å². The van der Waals surface area contributed by atoms with Crippen molar-refractivity contribution in [1.29, 1.82) is 0 Å². The third-order valence-corrected chi connectivity index (χ3v) is 6.39. The van der Waals surface area contributed by atoms with Gasteiger partial charge in [-0.15, -0.1) is 0 Å². The maximum absolute atomic E-state index is 12.8. The summed E-state index contributed by atoms with van der Waals surface area (Å²) in [7, 11) is 0. The molecule has 0 amide bonds. The van der Waals surface area contributed by atoms with Gasteiger partial charge in [0.15, 0.2) is 11.5 Å². The van der Waals surface area contributed by atoms with Crippen LogP contribution in [0, 0.1) is 23.7 Å². The summed E-state index contributed by atoms with van der Waals surface area (Å²) >= 11 is 0. The second-order valence-electron chi connectivity index (χ2n) is 10.6. The molecule has 1 rings (SSSR count). The van der Waals surface area contributed by atoms with Gasteiger partial charge in [0.05, 0.1) is 18.4 Å². The second kappa shape index (κ2) is 16.1. The molecule has 0 bridgehead atoms. The Hall–Kier alpha value is -2.94. The van der Waals surface area contributed by atoms with Gasteiger partial charge in [-0.05, 0) is 42.4 Å². The SMILES string of the molecule is CCCC(C)C(=O)Oc1ccc(C(C(C)COC(=O)CC(C)C)[C@H](N)C(=O)O)cc1OC(=O)C(C)CCC. The normalized spacial score (nSPS) is 15.2. The third kappa shape index (κ3) is 10.4. The lowest BCUT2D eigenvalue weighted by Crippen LogP contribution is -2.40. The molecule has 5 atom stereocenters. The molecule has 0 aromatic heterocycles. The van der Waals surface area contributed by atoms with E-state index in [-0.39, 0.29) is 48.2 Å². The highest BCUT2D eigenvalue weighted by molar-refractivity contribution is 5.79. The molecule has 0 aliphatic heterocycles. The predicted octanol–water partition coefficient (Wildman–Crippen LogP) is 5.09. The molecule has 0 heterocycles. The number of rotatable bonds is 16. The minimum absolute atomic E-state index is 0.0130. The second-order valence-corrected chi connectivity index (χ2v) is 10.6. The highest BCUT2D eigenvalue weighted by Crippen LogP contribution is 2.36. The van der Waals surface area contributed by atoms with Gasteiger partial charge >= 0.3 is 23.9 Å². The van der Waals surface area contributed by atoms with E-state index in [2.05, 4.69) is 0 Å². The number of hydrogen-bond acceptors (Lipinski definition) is 8. The van der Waals surface area contributed by atoms with Gasteiger partial charge in [0.1, 0.15) is 6.04 Å². The largest absolute Gasteiger partial charge is 0.480 e. The fourth-order valence-electron chi connectivity index (χ4n) is 4.18. The number of carbonyl (C=O) groups excluding carboxylic acids is 3. The Labute approximate surface area is 226 Å². The average molecular weight is 536 g/mol. The maximum atomic E-state index is 12.8. The van der Waals surface area contributed by atoms with E-state index in [4.69, 9.17) is 19.9 Å². The summed E-state index contributed by atoms with van der Waals surface area (Å²) in [5.41, 5.74) is 6.54. The van der Waals surface area contributed by atoms with Crippen molar-refractivity contribution in [2.75, 3.05) is 6.61 Å². The van der Waals surface area contributed by atoms with Gasteiger partial charge in [0.25, 0.3) is 0 Å². The van der Waals surface area contributed by atoms with Crippen LogP contribution in [0.2, 0.25) is 0 Å². The first-order valence-electron chi connectivity index (χ1n) is 13.5. The number of carboxylic acid groups (broad SMARTS) is 1. The highest BCUT2D eigenvalue weighted by Gasteiger charge is 2.33. The number of esters is 3. The predicted molar refractivity (Wildman–Crippen MR) is 144 cm³/mol. The van der Waals surface area contributed by atoms with Crippen LogP contribution in [0.3, 0.4) is 0 Å². The first-order chi connectivity index (χ1) is 17.8. The Morgan fingerprint density at radius 3 is 1.87 bits per heavy atom. The monoisotopic (exact) mass is 535 g/mol. The average Bonchev–Trinajstić information content (AvgIpc) is 2.83. The van der Waals surface area contributed by atoms with E-state index in [1.165, 1.54) is 12.1 Å². The lowest BCUT2D eigenvalue weighted by atomic mass is 9.82. The van der Waals surface area contributed by atoms with Gasteiger partial charge in [-0.1, -0.05) is 67.4 Å². The molecule has 1 aromatic rings. The fraction of sp³-hybridized carbons (Fsp3) is 0.655. The molecule has 214 valence electrons. The van der Waals surface area contributed by atoms with Crippen LogP contribution in [-0.4, -0.2) is 41.6 Å². The topological polar surface area (TPSA) is 142 Å². The zero-order chi connectivity index (χ0) is 29.0. The zero-order valence-electron chi connectivity index (χ0n) is 23.8. The fourth-order valence-corrected chi connectivity index (χ4v) is 4.18. The summed E-state index contributed by atoms with van der Waals surface area (Å²) in [4.78, 5) is 49.4. The zero-order valence-corrected chi connectivity index (χ0v) is 23.8. The van der Waals surface area contributed by atoms with Crippen molar-refractivity contribution in [3.8, 4) is 11.5 Å². The molecular weight excluding hydrogens is 490 g/mol. The number of benzene rings is 1. The van der Waals surface area contributed by atoms with Crippen molar-refractivity contribution in [1.82, 2.24) is 0 Å². The molecule has 9 heteroatoms. The summed E-state index contributed by atoms with van der Waals surface area (Å²) in [5.74, 6) is -4.34. The van der Waals surface area contributed by atoms with E-state index in [0.717, 1.165) is 12.8 Å². The van der Waals surface area contributed by atoms with Gasteiger partial charge in [-0.3, -0.25) is 19.2 Å². The number of hydrogen-bond donors (Lipinski definition) is 2. The number of aliphatic carboxylic acids is 1. The maximum Gasteiger partial charge on any atom is 0.321 e. The molecule has 38 heavy (non-hydrogen) atoms. The Morgan fingerprint density at radius 2 is 1.39 bits per heavy atom. The molecule has 0 saturated carbocycles. The lowest BCUT2D eigenvalue weighted by molar-refractivity contribution is -0.146. The molecule has 0 aliphatic carbocycles. The summed E-state index contributed by atoms with van der Waals surface area (Å²) in [6.07, 6.45) is 3.10. The molecule has 1 aromatic carbocycles. The Morgan fingerprint density at radius 1 is 0.868 bits per heavy atom. The van der Waals surface area contributed by atoms with E-state index in [1.807, 2.05) is 27.7 Å². The highest BCUT2D eigenvalue weighted by atomic mass is 16.6. The van der Waals surface area contributed by atoms with Crippen molar-refractivity contribution in [3.63, 3.8) is 0 Å². The molecule has 0 saturated heterocycles. The number of carbonyl (C=O) groups is 4. The van der Waals surface area contributed by atoms with Crippen LogP contribution in [0.1, 0.15) is 92.1 Å². The van der Waals surface area contributed by atoms with Crippen molar-refractivity contribution < 1.29 is 38.5 Å². The minimum atomic E-state index is -1.32. The van der Waals surface area contributed by atoms with Gasteiger partial charge < -0.3 is 25.1 Å². The van der Waals surface area contributed by atoms with Crippen molar-refractivity contribution in [3.05, 3.63) is 23.8 Å². The Balaban J connectivity index is 3.40. The summed E-state index contributed by atoms with van der Waals surface area (Å²) in [6.45, 7) is 12.9. The number of carboxylic acids is 1. The molecule has 3 N–H and O–H groups in total. The van der Waals surface area contributed by atoms with Crippen LogP contribution >= 0.6 is 0 Å². The van der Waals surface area contributed by atoms with Crippen LogP contribution in [-0.2, 0) is 23.9 Å². The van der Waals surface area contributed by atoms with E-state index >= 15 is 0 Å². The molecule has 0 spiro atoms. The summed E-state index contributed by atoms with van der Waals surface area (Å²) < 4.78 is 16.6. The Bertz CT molecular complexity index is 945. The van der Waals surface area contributed by atoms with Crippen LogP contribution in [0.15, 0.2) is 18.2 Å². The smallest absolute Gasteiger partial charge is 0.321 e. The first kappa shape index (κ1) is 33.1. The van der Waals surface area contributed by atoms with Crippen LogP contribution < -0.4 is 15.2 Å².